The topological polar surface area (TPSA) is 113 Å². The van der Waals surface area contributed by atoms with Crippen LogP contribution in [0.4, 0.5) is 0 Å². The molecule has 0 saturated carbocycles. The van der Waals surface area contributed by atoms with Gasteiger partial charge in [0.1, 0.15) is 5.78 Å². The highest BCUT2D eigenvalue weighted by atomic mass is 32.1. The maximum atomic E-state index is 11.6. The van der Waals surface area contributed by atoms with E-state index in [0.29, 0.717) is 6.42 Å². The van der Waals surface area contributed by atoms with Gasteiger partial charge in [-0.3, -0.25) is 9.36 Å². The highest BCUT2D eigenvalue weighted by Gasteiger charge is 2.27. The van der Waals surface area contributed by atoms with E-state index in [1.165, 1.54) is 18.3 Å². The minimum atomic E-state index is -4.31. The van der Waals surface area contributed by atoms with E-state index in [9.17, 15) is 9.36 Å². The Morgan fingerprint density at radius 2 is 2.29 bits per heavy atom. The summed E-state index contributed by atoms with van der Waals surface area (Å²) in [6.07, 6.45) is 0.350. The molecule has 2 unspecified atom stereocenters. The average Bonchev–Trinajstić information content (AvgIpc) is 2.68. The molecule has 1 aromatic rings. The highest BCUT2D eigenvalue weighted by molar-refractivity contribution is 7.52. The zero-order chi connectivity index (χ0) is 13.1. The molecule has 8 heteroatoms. The number of carbonyl (C=O) groups excluding carboxylic acids is 1. The Labute approximate surface area is 103 Å². The molecule has 17 heavy (non-hydrogen) atoms. The molecule has 6 nitrogen and oxygen atoms in total. The third-order valence-corrected chi connectivity index (χ3v) is 4.10. The minimum Gasteiger partial charge on any atom is -0.341 e. The van der Waals surface area contributed by atoms with Crippen LogP contribution in [0.15, 0.2) is 16.8 Å². The van der Waals surface area contributed by atoms with Gasteiger partial charge in [0.2, 0.25) is 5.91 Å². The lowest BCUT2D eigenvalue weighted by Gasteiger charge is -2.18. The van der Waals surface area contributed by atoms with E-state index in [1.54, 1.807) is 0 Å². The van der Waals surface area contributed by atoms with Crippen molar-refractivity contribution >= 4 is 24.8 Å². The van der Waals surface area contributed by atoms with Crippen molar-refractivity contribution in [1.29, 1.82) is 0 Å². The van der Waals surface area contributed by atoms with Crippen LogP contribution in [0.5, 0.6) is 0 Å². The van der Waals surface area contributed by atoms with Crippen molar-refractivity contribution in [3.8, 4) is 0 Å². The second-order valence-corrected chi connectivity index (χ2v) is 6.45. The van der Waals surface area contributed by atoms with Gasteiger partial charge in [-0.25, -0.2) is 0 Å². The van der Waals surface area contributed by atoms with Gasteiger partial charge in [0.25, 0.3) is 0 Å². The normalized spacial score (nSPS) is 15.3. The fourth-order valence-electron chi connectivity index (χ4n) is 1.15. The van der Waals surface area contributed by atoms with E-state index in [0.717, 1.165) is 5.56 Å². The number of amides is 1. The molecule has 1 rings (SSSR count). The summed E-state index contributed by atoms with van der Waals surface area (Å²) in [6, 6.07) is 1.04. The van der Waals surface area contributed by atoms with E-state index in [2.05, 4.69) is 5.32 Å². The van der Waals surface area contributed by atoms with Crippen LogP contribution in [0.1, 0.15) is 12.5 Å². The van der Waals surface area contributed by atoms with Gasteiger partial charge < -0.3 is 20.8 Å². The minimum absolute atomic E-state index is 0.350. The van der Waals surface area contributed by atoms with Gasteiger partial charge in [0.05, 0.1) is 6.04 Å². The number of rotatable bonds is 5. The van der Waals surface area contributed by atoms with Crippen molar-refractivity contribution in [1.82, 2.24) is 5.32 Å². The molecular weight excluding hydrogens is 263 g/mol. The van der Waals surface area contributed by atoms with Gasteiger partial charge in [0, 0.05) is 0 Å². The van der Waals surface area contributed by atoms with Crippen LogP contribution >= 0.6 is 18.9 Å². The van der Waals surface area contributed by atoms with Gasteiger partial charge >= 0.3 is 7.60 Å². The first-order chi connectivity index (χ1) is 7.80. The van der Waals surface area contributed by atoms with Gasteiger partial charge in [-0.1, -0.05) is 0 Å². The van der Waals surface area contributed by atoms with Crippen LogP contribution in [0, 0.1) is 0 Å². The van der Waals surface area contributed by atoms with Gasteiger partial charge in [-0.2, -0.15) is 11.3 Å². The molecule has 96 valence electrons. The fraction of sp³-hybridized carbons (Fsp3) is 0.444. The molecule has 0 bridgehead atoms. The molecule has 0 aliphatic rings. The fourth-order valence-corrected chi connectivity index (χ4v) is 2.13. The average molecular weight is 278 g/mol. The number of carbonyl (C=O) groups is 1. The smallest absolute Gasteiger partial charge is 0.341 e. The Morgan fingerprint density at radius 1 is 1.65 bits per heavy atom. The third-order valence-electron chi connectivity index (χ3n) is 2.23. The number of thiophene rings is 1. The molecular formula is C9H15N2O4PS. The summed E-state index contributed by atoms with van der Waals surface area (Å²) in [7, 11) is -4.31. The third kappa shape index (κ3) is 4.57. The Kier molecular flexibility index (Phi) is 4.85. The molecule has 0 aliphatic carbocycles. The lowest BCUT2D eigenvalue weighted by Crippen LogP contribution is -2.45. The van der Waals surface area contributed by atoms with E-state index >= 15 is 0 Å². The van der Waals surface area contributed by atoms with Crippen LogP contribution in [-0.2, 0) is 15.8 Å². The Morgan fingerprint density at radius 3 is 2.76 bits per heavy atom. The van der Waals surface area contributed by atoms with Crippen LogP contribution in [-0.4, -0.2) is 27.5 Å². The Hall–Kier alpha value is -0.720. The molecule has 1 heterocycles. The monoisotopic (exact) mass is 278 g/mol. The van der Waals surface area contributed by atoms with Crippen molar-refractivity contribution in [3.63, 3.8) is 0 Å². The van der Waals surface area contributed by atoms with Crippen LogP contribution in [0.3, 0.4) is 0 Å². The lowest BCUT2D eigenvalue weighted by molar-refractivity contribution is -0.122. The van der Waals surface area contributed by atoms with E-state index in [1.807, 2.05) is 16.8 Å². The van der Waals surface area contributed by atoms with Crippen LogP contribution in [0.2, 0.25) is 0 Å². The molecule has 0 saturated heterocycles. The zero-order valence-electron chi connectivity index (χ0n) is 9.24. The summed E-state index contributed by atoms with van der Waals surface area (Å²) >= 11 is 1.50. The Balaban J connectivity index is 2.50. The first kappa shape index (κ1) is 14.3. The SMILES string of the molecule is CC(NC(=O)C(N)Cc1ccsc1)P(=O)(O)O. The second-order valence-electron chi connectivity index (χ2n) is 3.72. The highest BCUT2D eigenvalue weighted by Crippen LogP contribution is 2.39. The predicted octanol–water partition coefficient (Wildman–Crippen LogP) is 0.258. The van der Waals surface area contributed by atoms with Crippen molar-refractivity contribution in [2.75, 3.05) is 0 Å². The van der Waals surface area contributed by atoms with Crippen molar-refractivity contribution in [3.05, 3.63) is 22.4 Å². The van der Waals surface area contributed by atoms with Gasteiger partial charge in [-0.15, -0.1) is 0 Å². The van der Waals surface area contributed by atoms with Crippen molar-refractivity contribution in [2.24, 2.45) is 5.73 Å². The maximum Gasteiger partial charge on any atom is 0.347 e. The summed E-state index contributed by atoms with van der Waals surface area (Å²) in [5, 5.41) is 5.96. The lowest BCUT2D eigenvalue weighted by atomic mass is 10.1. The summed E-state index contributed by atoms with van der Waals surface area (Å²) in [4.78, 5) is 29.2. The number of nitrogens with two attached hydrogens (primary N) is 1. The van der Waals surface area contributed by atoms with Crippen molar-refractivity contribution < 1.29 is 19.1 Å². The van der Waals surface area contributed by atoms with E-state index < -0.39 is 25.3 Å². The molecule has 2 atom stereocenters. The summed E-state index contributed by atoms with van der Waals surface area (Å²) in [5.41, 5.74) is 6.57. The van der Waals surface area contributed by atoms with Gasteiger partial charge in [-0.05, 0) is 35.7 Å². The molecule has 0 aromatic carbocycles. The number of hydrogen-bond donors (Lipinski definition) is 4. The first-order valence-corrected chi connectivity index (χ1v) is 7.55. The molecule has 0 aliphatic heterocycles. The maximum absolute atomic E-state index is 11.6. The summed E-state index contributed by atoms with van der Waals surface area (Å²) in [5.74, 6) is -1.78. The molecule has 0 radical (unpaired) electrons. The van der Waals surface area contributed by atoms with E-state index in [4.69, 9.17) is 15.5 Å². The van der Waals surface area contributed by atoms with Crippen molar-refractivity contribution in [2.45, 2.75) is 25.2 Å². The summed E-state index contributed by atoms with van der Waals surface area (Å²) in [6.45, 7) is 1.25. The van der Waals surface area contributed by atoms with E-state index in [-0.39, 0.29) is 0 Å². The number of hydrogen-bond acceptors (Lipinski definition) is 4. The van der Waals surface area contributed by atoms with Crippen LogP contribution in [0.25, 0.3) is 0 Å². The first-order valence-electron chi connectivity index (χ1n) is 4.93. The summed E-state index contributed by atoms with van der Waals surface area (Å²) < 4.78 is 10.8. The Bertz CT molecular complexity index is 417. The standard InChI is InChI=1S/C9H15N2O4PS/c1-6(16(13,14)15)11-9(12)8(10)4-7-2-3-17-5-7/h2-3,5-6,8H,4,10H2,1H3,(H,11,12)(H2,13,14,15). The number of nitrogens with one attached hydrogen (secondary N) is 1. The van der Waals surface area contributed by atoms with Gasteiger partial charge in [0.15, 0.2) is 0 Å². The molecule has 1 aromatic heterocycles. The largest absolute Gasteiger partial charge is 0.347 e. The molecule has 1 amide bonds. The van der Waals surface area contributed by atoms with Crippen LogP contribution < -0.4 is 11.1 Å². The predicted molar refractivity (Wildman–Crippen MR) is 65.6 cm³/mol. The molecule has 0 fully saturated rings. The molecule has 0 spiro atoms. The molecule has 5 N–H and O–H groups in total. The zero-order valence-corrected chi connectivity index (χ0v) is 10.9. The quantitative estimate of drug-likeness (QED) is 0.577. The second kappa shape index (κ2) is 5.75.